The second-order valence-corrected chi connectivity index (χ2v) is 10.2. The molecule has 1 unspecified atom stereocenters. The topological polar surface area (TPSA) is 52.5 Å². The van der Waals surface area contributed by atoms with Crippen molar-refractivity contribution in [2.75, 3.05) is 36.0 Å². The zero-order chi connectivity index (χ0) is 22.9. The van der Waals surface area contributed by atoms with Gasteiger partial charge in [-0.25, -0.2) is 0 Å². The van der Waals surface area contributed by atoms with Crippen LogP contribution < -0.4 is 9.80 Å². The summed E-state index contributed by atoms with van der Waals surface area (Å²) in [6.45, 7) is 7.38. The largest absolute Gasteiger partial charge is 0.389 e. The van der Waals surface area contributed by atoms with E-state index in [4.69, 9.17) is 9.97 Å². The molecule has 3 aromatic rings. The molecule has 33 heavy (non-hydrogen) atoms. The van der Waals surface area contributed by atoms with Crippen LogP contribution >= 0.6 is 15.9 Å². The molecule has 0 fully saturated rings. The van der Waals surface area contributed by atoms with Crippen molar-refractivity contribution < 1.29 is 5.11 Å². The molecule has 1 aromatic carbocycles. The quantitative estimate of drug-likeness (QED) is 0.522. The van der Waals surface area contributed by atoms with E-state index in [9.17, 15) is 5.11 Å². The first-order valence-corrected chi connectivity index (χ1v) is 12.7. The minimum atomic E-state index is -0.436. The number of aryl methyl sites for hydroxylation is 4. The molecule has 0 saturated heterocycles. The summed E-state index contributed by atoms with van der Waals surface area (Å²) in [6.07, 6.45) is 3.72. The average molecular weight is 507 g/mol. The highest BCUT2D eigenvalue weighted by Crippen LogP contribution is 2.31. The van der Waals surface area contributed by atoms with Gasteiger partial charge < -0.3 is 14.9 Å². The molecule has 0 amide bonds. The molecule has 1 atom stereocenters. The van der Waals surface area contributed by atoms with Gasteiger partial charge in [0.05, 0.1) is 34.6 Å². The highest BCUT2D eigenvalue weighted by Gasteiger charge is 2.25. The van der Waals surface area contributed by atoms with E-state index < -0.39 is 6.10 Å². The van der Waals surface area contributed by atoms with Gasteiger partial charge in [-0.05, 0) is 75.4 Å². The fourth-order valence-electron chi connectivity index (χ4n) is 5.01. The molecule has 5 rings (SSSR count). The van der Waals surface area contributed by atoms with Crippen molar-refractivity contribution in [1.29, 1.82) is 0 Å². The number of β-amino-alcohol motifs (C(OH)–C–C–N with tert-alkyl or cyclic N) is 1. The monoisotopic (exact) mass is 506 g/mol. The number of nitrogens with zero attached hydrogens (tertiary/aromatic N) is 4. The molecule has 2 aromatic heterocycles. The molecule has 4 heterocycles. The van der Waals surface area contributed by atoms with Crippen LogP contribution in [0.2, 0.25) is 0 Å². The first-order valence-electron chi connectivity index (χ1n) is 11.9. The summed E-state index contributed by atoms with van der Waals surface area (Å²) in [5, 5.41) is 11.1. The molecule has 1 N–H and O–H groups in total. The van der Waals surface area contributed by atoms with Gasteiger partial charge in [-0.1, -0.05) is 28.1 Å². The van der Waals surface area contributed by atoms with Gasteiger partial charge in [0, 0.05) is 41.9 Å². The van der Waals surface area contributed by atoms with Crippen LogP contribution in [-0.2, 0) is 12.8 Å². The van der Waals surface area contributed by atoms with E-state index in [0.717, 1.165) is 71.6 Å². The van der Waals surface area contributed by atoms with Gasteiger partial charge in [0.15, 0.2) is 0 Å². The molecule has 0 spiro atoms. The number of hydrogen-bond donors (Lipinski definition) is 1. The van der Waals surface area contributed by atoms with Crippen LogP contribution in [-0.4, -0.2) is 47.4 Å². The van der Waals surface area contributed by atoms with Crippen molar-refractivity contribution in [2.45, 2.75) is 45.6 Å². The van der Waals surface area contributed by atoms with Crippen molar-refractivity contribution in [3.63, 3.8) is 0 Å². The zero-order valence-corrected chi connectivity index (χ0v) is 21.0. The predicted molar refractivity (Wildman–Crippen MR) is 138 cm³/mol. The number of pyridine rings is 2. The van der Waals surface area contributed by atoms with E-state index in [1.54, 1.807) is 0 Å². The summed E-state index contributed by atoms with van der Waals surface area (Å²) in [5.74, 6) is 0. The van der Waals surface area contributed by atoms with Crippen molar-refractivity contribution in [1.82, 2.24) is 9.97 Å². The summed E-state index contributed by atoms with van der Waals surface area (Å²) in [6, 6.07) is 14.8. The Morgan fingerprint density at radius 2 is 1.52 bits per heavy atom. The minimum absolute atomic E-state index is 0.436. The number of aliphatic hydroxyl groups is 1. The standard InChI is InChI=1S/C27H31BrN4O/c1-18-15-27-25(29-19(18)2)6-4-14-32(27)17-22(33)16-31-13-3-5-24-26(31)12-11-23(30-24)20-7-9-21(28)10-8-20/h7-12,15,22,33H,3-6,13-14,16-17H2,1-2H3. The molecular weight excluding hydrogens is 476 g/mol. The predicted octanol–water partition coefficient (Wildman–Crippen LogP) is 5.09. The van der Waals surface area contributed by atoms with E-state index in [1.165, 1.54) is 16.9 Å². The van der Waals surface area contributed by atoms with Crippen molar-refractivity contribution in [3.05, 3.63) is 69.6 Å². The smallest absolute Gasteiger partial charge is 0.0889 e. The Kier molecular flexibility index (Phi) is 6.39. The molecule has 2 aliphatic rings. The lowest BCUT2D eigenvalue weighted by molar-refractivity contribution is 0.183. The fraction of sp³-hybridized carbons (Fsp3) is 0.407. The molecular formula is C27H31BrN4O. The van der Waals surface area contributed by atoms with Gasteiger partial charge in [-0.3, -0.25) is 9.97 Å². The maximum Gasteiger partial charge on any atom is 0.0889 e. The number of anilines is 2. The Balaban J connectivity index is 1.30. The van der Waals surface area contributed by atoms with Crippen molar-refractivity contribution in [3.8, 4) is 11.3 Å². The van der Waals surface area contributed by atoms with E-state index in [-0.39, 0.29) is 0 Å². The summed E-state index contributed by atoms with van der Waals surface area (Å²) >= 11 is 3.50. The molecule has 0 aliphatic carbocycles. The summed E-state index contributed by atoms with van der Waals surface area (Å²) < 4.78 is 1.07. The van der Waals surface area contributed by atoms with Crippen LogP contribution in [0, 0.1) is 13.8 Å². The van der Waals surface area contributed by atoms with E-state index in [1.807, 2.05) is 0 Å². The van der Waals surface area contributed by atoms with Gasteiger partial charge in [-0.2, -0.15) is 0 Å². The minimum Gasteiger partial charge on any atom is -0.389 e. The van der Waals surface area contributed by atoms with Crippen molar-refractivity contribution in [2.24, 2.45) is 0 Å². The molecule has 5 nitrogen and oxygen atoms in total. The Morgan fingerprint density at radius 1 is 0.879 bits per heavy atom. The molecule has 0 radical (unpaired) electrons. The van der Waals surface area contributed by atoms with Crippen LogP contribution in [0.25, 0.3) is 11.3 Å². The molecule has 0 saturated carbocycles. The second kappa shape index (κ2) is 9.43. The maximum atomic E-state index is 11.1. The van der Waals surface area contributed by atoms with Crippen LogP contribution in [0.3, 0.4) is 0 Å². The average Bonchev–Trinajstić information content (AvgIpc) is 2.81. The summed E-state index contributed by atoms with van der Waals surface area (Å²) in [5.41, 5.74) is 9.12. The highest BCUT2D eigenvalue weighted by molar-refractivity contribution is 9.10. The van der Waals surface area contributed by atoms with E-state index in [2.05, 4.69) is 82.0 Å². The second-order valence-electron chi connectivity index (χ2n) is 9.28. The van der Waals surface area contributed by atoms with Crippen molar-refractivity contribution >= 4 is 27.3 Å². The Morgan fingerprint density at radius 3 is 2.21 bits per heavy atom. The fourth-order valence-corrected chi connectivity index (χ4v) is 5.27. The van der Waals surface area contributed by atoms with E-state index >= 15 is 0 Å². The molecule has 2 aliphatic heterocycles. The van der Waals surface area contributed by atoms with E-state index in [0.29, 0.717) is 13.1 Å². The maximum absolute atomic E-state index is 11.1. The van der Waals surface area contributed by atoms with Crippen LogP contribution in [0.1, 0.15) is 35.5 Å². The van der Waals surface area contributed by atoms with Gasteiger partial charge in [0.1, 0.15) is 0 Å². The van der Waals surface area contributed by atoms with Crippen LogP contribution in [0.15, 0.2) is 46.9 Å². The SMILES string of the molecule is Cc1cc2c(nc1C)CCCN2CC(O)CN1CCCc2nc(-c3ccc(Br)cc3)ccc21. The highest BCUT2D eigenvalue weighted by atomic mass is 79.9. The third kappa shape index (κ3) is 4.78. The Labute approximate surface area is 204 Å². The van der Waals surface area contributed by atoms with Crippen LogP contribution in [0.4, 0.5) is 11.4 Å². The first-order chi connectivity index (χ1) is 16.0. The molecule has 0 bridgehead atoms. The lowest BCUT2D eigenvalue weighted by Gasteiger charge is -2.36. The number of rotatable bonds is 5. The number of hydrogen-bond acceptors (Lipinski definition) is 5. The lowest BCUT2D eigenvalue weighted by Crippen LogP contribution is -2.44. The van der Waals surface area contributed by atoms with Gasteiger partial charge >= 0.3 is 0 Å². The summed E-state index contributed by atoms with van der Waals surface area (Å²) in [7, 11) is 0. The molecule has 6 heteroatoms. The van der Waals surface area contributed by atoms with Gasteiger partial charge in [0.2, 0.25) is 0 Å². The van der Waals surface area contributed by atoms with Gasteiger partial charge in [0.25, 0.3) is 0 Å². The number of aliphatic hydroxyl groups excluding tert-OH is 1. The van der Waals surface area contributed by atoms with Crippen LogP contribution in [0.5, 0.6) is 0 Å². The number of fused-ring (bicyclic) bond motifs is 2. The Hall–Kier alpha value is -2.44. The first kappa shape index (κ1) is 22.4. The third-order valence-corrected chi connectivity index (χ3v) is 7.37. The number of aromatic nitrogens is 2. The molecule has 172 valence electrons. The number of halogens is 1. The zero-order valence-electron chi connectivity index (χ0n) is 19.4. The number of benzene rings is 1. The normalized spacial score (nSPS) is 16.4. The lowest BCUT2D eigenvalue weighted by atomic mass is 10.0. The van der Waals surface area contributed by atoms with Gasteiger partial charge in [-0.15, -0.1) is 0 Å². The summed E-state index contributed by atoms with van der Waals surface area (Å²) in [4.78, 5) is 14.4. The Bertz CT molecular complexity index is 1150. The third-order valence-electron chi connectivity index (χ3n) is 6.84.